The van der Waals surface area contributed by atoms with Crippen molar-refractivity contribution >= 4 is 62.7 Å². The standard InChI is InChI=1S/C13H15ClI2NO2/c1-17(2)7-9(3-4-14)19-12-10(13(17)18)5-8(15)6-11(12)16/h5-6,9H,3-4,7H2,1-2H3/q+1. The molecule has 0 fully saturated rings. The zero-order chi connectivity index (χ0) is 14.2. The third-order valence-corrected chi connectivity index (χ3v) is 4.81. The van der Waals surface area contributed by atoms with Gasteiger partial charge >= 0.3 is 5.91 Å². The molecule has 1 unspecified atom stereocenters. The number of halogens is 3. The fourth-order valence-corrected chi connectivity index (χ4v) is 4.45. The minimum absolute atomic E-state index is 0.0220. The highest BCUT2D eigenvalue weighted by molar-refractivity contribution is 14.1. The van der Waals surface area contributed by atoms with Crippen LogP contribution < -0.4 is 4.74 Å². The summed E-state index contributed by atoms with van der Waals surface area (Å²) in [5.41, 5.74) is 0.679. The van der Waals surface area contributed by atoms with Gasteiger partial charge in [-0.1, -0.05) is 0 Å². The molecule has 3 nitrogen and oxygen atoms in total. The number of rotatable bonds is 2. The van der Waals surface area contributed by atoms with Crippen LogP contribution in [0.5, 0.6) is 5.75 Å². The van der Waals surface area contributed by atoms with Gasteiger partial charge < -0.3 is 4.74 Å². The first-order valence-electron chi connectivity index (χ1n) is 5.94. The summed E-state index contributed by atoms with van der Waals surface area (Å²) in [6.07, 6.45) is 0.726. The van der Waals surface area contributed by atoms with Crippen molar-refractivity contribution in [3.8, 4) is 5.75 Å². The largest absolute Gasteiger partial charge is 0.482 e. The van der Waals surface area contributed by atoms with Crippen molar-refractivity contribution in [1.82, 2.24) is 0 Å². The zero-order valence-corrected chi connectivity index (χ0v) is 15.8. The summed E-state index contributed by atoms with van der Waals surface area (Å²) in [4.78, 5) is 12.7. The van der Waals surface area contributed by atoms with Crippen molar-refractivity contribution < 1.29 is 14.0 Å². The monoisotopic (exact) mass is 506 g/mol. The average molecular weight is 507 g/mol. The second-order valence-electron chi connectivity index (χ2n) is 5.15. The Balaban J connectivity index is 2.54. The van der Waals surface area contributed by atoms with Crippen LogP contribution in [0.25, 0.3) is 0 Å². The van der Waals surface area contributed by atoms with E-state index in [9.17, 15) is 4.79 Å². The second-order valence-corrected chi connectivity index (χ2v) is 7.94. The highest BCUT2D eigenvalue weighted by Gasteiger charge is 2.38. The molecule has 0 aromatic heterocycles. The first-order valence-corrected chi connectivity index (χ1v) is 8.64. The van der Waals surface area contributed by atoms with E-state index < -0.39 is 0 Å². The maximum absolute atomic E-state index is 12.7. The molecule has 1 aromatic carbocycles. The summed E-state index contributed by atoms with van der Waals surface area (Å²) < 4.78 is 8.38. The van der Waals surface area contributed by atoms with Crippen LogP contribution in [0.3, 0.4) is 0 Å². The number of fused-ring (bicyclic) bond motifs is 1. The molecule has 1 aliphatic rings. The van der Waals surface area contributed by atoms with E-state index in [1.807, 2.05) is 26.2 Å². The van der Waals surface area contributed by atoms with Crippen LogP contribution in [-0.4, -0.2) is 43.0 Å². The number of ether oxygens (including phenoxy) is 1. The highest BCUT2D eigenvalue weighted by atomic mass is 127. The Bertz CT molecular complexity index is 520. The maximum Gasteiger partial charge on any atom is 0.349 e. The van der Waals surface area contributed by atoms with E-state index in [1.165, 1.54) is 0 Å². The topological polar surface area (TPSA) is 26.3 Å². The number of benzene rings is 1. The first kappa shape index (κ1) is 15.8. The van der Waals surface area contributed by atoms with Crippen molar-refractivity contribution in [1.29, 1.82) is 0 Å². The smallest absolute Gasteiger partial charge is 0.349 e. The summed E-state index contributed by atoms with van der Waals surface area (Å²) in [6, 6.07) is 3.93. The van der Waals surface area contributed by atoms with Gasteiger partial charge in [-0.25, -0.2) is 4.79 Å². The number of alkyl halides is 1. The van der Waals surface area contributed by atoms with E-state index >= 15 is 0 Å². The minimum Gasteiger partial charge on any atom is -0.482 e. The molecule has 1 heterocycles. The lowest BCUT2D eigenvalue weighted by Crippen LogP contribution is -2.49. The Morgan fingerprint density at radius 1 is 1.42 bits per heavy atom. The second kappa shape index (κ2) is 6.03. The summed E-state index contributed by atoms with van der Waals surface area (Å²) in [5, 5.41) is 0. The van der Waals surface area contributed by atoms with Gasteiger partial charge in [-0.3, -0.25) is 4.48 Å². The molecule has 0 saturated carbocycles. The molecular formula is C13H15ClI2NO2+. The van der Waals surface area contributed by atoms with E-state index in [4.69, 9.17) is 16.3 Å². The van der Waals surface area contributed by atoms with E-state index in [0.29, 0.717) is 28.2 Å². The van der Waals surface area contributed by atoms with Gasteiger partial charge in [0.2, 0.25) is 0 Å². The molecule has 19 heavy (non-hydrogen) atoms. The van der Waals surface area contributed by atoms with Gasteiger partial charge in [0.15, 0.2) is 0 Å². The van der Waals surface area contributed by atoms with Crippen molar-refractivity contribution in [2.45, 2.75) is 12.5 Å². The van der Waals surface area contributed by atoms with Gasteiger partial charge in [-0.2, -0.15) is 0 Å². The third-order valence-electron chi connectivity index (χ3n) is 3.16. The lowest BCUT2D eigenvalue weighted by Gasteiger charge is -2.27. The number of hydrogen-bond donors (Lipinski definition) is 0. The number of amides is 1. The van der Waals surface area contributed by atoms with Gasteiger partial charge in [0.1, 0.15) is 24.0 Å². The SMILES string of the molecule is C[N+]1(C)CC(CCCl)Oc2c(I)cc(I)cc2C1=O. The van der Waals surface area contributed by atoms with Crippen molar-refractivity contribution in [2.24, 2.45) is 0 Å². The number of likely N-dealkylation sites (N-methyl/N-ethyl adjacent to an activating group) is 1. The molecule has 0 radical (unpaired) electrons. The van der Waals surface area contributed by atoms with Gasteiger partial charge in [0, 0.05) is 15.9 Å². The molecule has 0 saturated heterocycles. The minimum atomic E-state index is -0.0220. The van der Waals surface area contributed by atoms with Crippen LogP contribution in [0.15, 0.2) is 12.1 Å². The Hall–Kier alpha value is 0.400. The van der Waals surface area contributed by atoms with Crippen molar-refractivity contribution in [3.63, 3.8) is 0 Å². The molecule has 0 bridgehead atoms. The number of hydrogen-bond acceptors (Lipinski definition) is 2. The van der Waals surface area contributed by atoms with E-state index in [2.05, 4.69) is 45.2 Å². The molecule has 0 spiro atoms. The van der Waals surface area contributed by atoms with Crippen LogP contribution in [-0.2, 0) is 0 Å². The first-order chi connectivity index (χ1) is 8.85. The number of quaternary nitrogens is 1. The molecule has 2 rings (SSSR count). The van der Waals surface area contributed by atoms with Crippen molar-refractivity contribution in [3.05, 3.63) is 24.8 Å². The van der Waals surface area contributed by atoms with Gasteiger partial charge in [-0.05, 0) is 57.3 Å². The molecule has 1 aromatic rings. The number of carbonyl (C=O) groups is 1. The third kappa shape index (κ3) is 3.36. The van der Waals surface area contributed by atoms with E-state index in [0.717, 1.165) is 13.6 Å². The summed E-state index contributed by atoms with van der Waals surface area (Å²) in [5.74, 6) is 1.35. The van der Waals surface area contributed by atoms with Gasteiger partial charge in [-0.15, -0.1) is 11.6 Å². The van der Waals surface area contributed by atoms with Crippen LogP contribution in [0.1, 0.15) is 16.8 Å². The molecule has 1 aliphatic heterocycles. The van der Waals surface area contributed by atoms with Gasteiger partial charge in [0.05, 0.1) is 17.7 Å². The molecule has 6 heteroatoms. The lowest BCUT2D eigenvalue weighted by atomic mass is 10.1. The fraction of sp³-hybridized carbons (Fsp3) is 0.462. The molecule has 104 valence electrons. The van der Waals surface area contributed by atoms with Crippen molar-refractivity contribution in [2.75, 3.05) is 26.5 Å². The summed E-state index contributed by atoms with van der Waals surface area (Å²) in [7, 11) is 3.85. The lowest BCUT2D eigenvalue weighted by molar-refractivity contribution is -0.810. The molecule has 1 atom stereocenters. The van der Waals surface area contributed by atoms with E-state index in [-0.39, 0.29) is 12.0 Å². The normalized spacial score (nSPS) is 21.5. The molecule has 1 amide bonds. The number of nitrogens with zero attached hydrogens (tertiary/aromatic N) is 1. The molecular weight excluding hydrogens is 491 g/mol. The van der Waals surface area contributed by atoms with Crippen LogP contribution in [0.2, 0.25) is 0 Å². The Kier molecular flexibility index (Phi) is 5.01. The predicted molar refractivity (Wildman–Crippen MR) is 92.9 cm³/mol. The van der Waals surface area contributed by atoms with Crippen LogP contribution in [0, 0.1) is 7.14 Å². The quantitative estimate of drug-likeness (QED) is 0.349. The number of carbonyl (C=O) groups excluding carboxylic acids is 1. The van der Waals surface area contributed by atoms with E-state index in [1.54, 1.807) is 0 Å². The van der Waals surface area contributed by atoms with Crippen LogP contribution in [0.4, 0.5) is 0 Å². The van der Waals surface area contributed by atoms with Crippen LogP contribution >= 0.6 is 56.8 Å². The maximum atomic E-state index is 12.7. The summed E-state index contributed by atoms with van der Waals surface area (Å²) in [6.45, 7) is 0.646. The zero-order valence-electron chi connectivity index (χ0n) is 10.8. The molecule has 0 N–H and O–H groups in total. The van der Waals surface area contributed by atoms with Gasteiger partial charge in [0.25, 0.3) is 0 Å². The molecule has 0 aliphatic carbocycles. The highest BCUT2D eigenvalue weighted by Crippen LogP contribution is 2.34. The Labute approximate surface area is 145 Å². The predicted octanol–water partition coefficient (Wildman–Crippen LogP) is 3.50. The Morgan fingerprint density at radius 3 is 2.74 bits per heavy atom. The summed E-state index contributed by atoms with van der Waals surface area (Å²) >= 11 is 10.3. The Morgan fingerprint density at radius 2 is 2.11 bits per heavy atom. The fourth-order valence-electron chi connectivity index (χ4n) is 2.23. The average Bonchev–Trinajstić information content (AvgIpc) is 2.38.